The Morgan fingerprint density at radius 3 is 3.15 bits per heavy atom. The maximum Gasteiger partial charge on any atom is 0.271 e. The Labute approximate surface area is 80.3 Å². The van der Waals surface area contributed by atoms with Crippen molar-refractivity contribution in [3.63, 3.8) is 0 Å². The maximum absolute atomic E-state index is 11.0. The van der Waals surface area contributed by atoms with Crippen LogP contribution in [0.4, 0.5) is 5.95 Å². The molecule has 0 aliphatic carbocycles. The molecule has 0 fully saturated rings. The van der Waals surface area contributed by atoms with E-state index in [9.17, 15) is 4.79 Å². The van der Waals surface area contributed by atoms with E-state index in [4.69, 9.17) is 18.0 Å². The molecule has 1 rings (SSSR count). The molecular formula is C8H8ClN3O. The molecule has 5 heteroatoms. The fraction of sp³-hybridized carbons (Fsp3) is 0.250. The average molecular weight is 198 g/mol. The summed E-state index contributed by atoms with van der Waals surface area (Å²) >= 11 is 5.48. The highest BCUT2D eigenvalue weighted by Gasteiger charge is 1.97. The van der Waals surface area contributed by atoms with Gasteiger partial charge in [-0.1, -0.05) is 11.6 Å². The molecule has 0 radical (unpaired) electrons. The summed E-state index contributed by atoms with van der Waals surface area (Å²) in [6, 6.07) is 0. The molecule has 4 nitrogen and oxygen atoms in total. The van der Waals surface area contributed by atoms with Crippen molar-refractivity contribution in [1.82, 2.24) is 9.97 Å². The van der Waals surface area contributed by atoms with Gasteiger partial charge in [0.2, 0.25) is 5.95 Å². The fourth-order valence-corrected chi connectivity index (χ4v) is 0.818. The van der Waals surface area contributed by atoms with Crippen molar-refractivity contribution in [3.05, 3.63) is 21.6 Å². The Balaban J connectivity index is 2.65. The van der Waals surface area contributed by atoms with Crippen molar-refractivity contribution >= 4 is 17.5 Å². The highest BCUT2D eigenvalue weighted by Crippen LogP contribution is 1.99. The Kier molecular flexibility index (Phi) is 3.35. The summed E-state index contributed by atoms with van der Waals surface area (Å²) in [5, 5.41) is 2.92. The van der Waals surface area contributed by atoms with Gasteiger partial charge in [-0.3, -0.25) is 9.78 Å². The first-order chi connectivity index (χ1) is 6.24. The van der Waals surface area contributed by atoms with Crippen LogP contribution in [0.15, 0.2) is 11.0 Å². The van der Waals surface area contributed by atoms with Gasteiger partial charge < -0.3 is 5.32 Å². The molecule has 2 N–H and O–H groups in total. The molecule has 13 heavy (non-hydrogen) atoms. The molecule has 0 bridgehead atoms. The van der Waals surface area contributed by atoms with E-state index in [-0.39, 0.29) is 10.6 Å². The zero-order valence-corrected chi connectivity index (χ0v) is 7.56. The highest BCUT2D eigenvalue weighted by molar-refractivity contribution is 6.30. The molecule has 68 valence electrons. The smallest absolute Gasteiger partial charge is 0.271 e. The van der Waals surface area contributed by atoms with Crippen LogP contribution in [0.5, 0.6) is 0 Å². The highest BCUT2D eigenvalue weighted by atomic mass is 35.5. The minimum atomic E-state index is -0.361. The number of H-pyrrole nitrogens is 1. The van der Waals surface area contributed by atoms with Crippen LogP contribution in [0.3, 0.4) is 0 Å². The number of rotatable bonds is 3. The number of hydrogen-bond acceptors (Lipinski definition) is 3. The summed E-state index contributed by atoms with van der Waals surface area (Å²) in [5.41, 5.74) is -0.361. The molecule has 0 aromatic carbocycles. The quantitative estimate of drug-likeness (QED) is 0.558. The number of halogens is 1. The zero-order valence-electron chi connectivity index (χ0n) is 6.80. The van der Waals surface area contributed by atoms with Gasteiger partial charge in [0.05, 0.1) is 6.20 Å². The summed E-state index contributed by atoms with van der Waals surface area (Å²) < 4.78 is 0. The van der Waals surface area contributed by atoms with Crippen LogP contribution in [0, 0.1) is 12.3 Å². The monoisotopic (exact) mass is 197 g/mol. The lowest BCUT2D eigenvalue weighted by atomic mass is 10.4. The maximum atomic E-state index is 11.0. The van der Waals surface area contributed by atoms with Crippen LogP contribution in [-0.2, 0) is 0 Å². The molecule has 0 aliphatic heterocycles. The molecule has 0 spiro atoms. The second-order valence-electron chi connectivity index (χ2n) is 2.29. The number of terminal acetylenes is 1. The number of aromatic amines is 1. The lowest BCUT2D eigenvalue weighted by Crippen LogP contribution is -2.13. The van der Waals surface area contributed by atoms with Crippen LogP contribution < -0.4 is 10.9 Å². The molecule has 0 amide bonds. The predicted molar refractivity (Wildman–Crippen MR) is 51.8 cm³/mol. The van der Waals surface area contributed by atoms with Crippen molar-refractivity contribution in [1.29, 1.82) is 0 Å². The van der Waals surface area contributed by atoms with Crippen molar-refractivity contribution in [2.24, 2.45) is 0 Å². The summed E-state index contributed by atoms with van der Waals surface area (Å²) in [6.45, 7) is 0.571. The van der Waals surface area contributed by atoms with E-state index >= 15 is 0 Å². The summed E-state index contributed by atoms with van der Waals surface area (Å²) in [4.78, 5) is 17.3. The number of hydrogen-bond donors (Lipinski definition) is 2. The van der Waals surface area contributed by atoms with Crippen LogP contribution >= 0.6 is 11.6 Å². The van der Waals surface area contributed by atoms with Crippen molar-refractivity contribution < 1.29 is 0 Å². The molecule has 1 aromatic heterocycles. The Morgan fingerprint density at radius 1 is 1.77 bits per heavy atom. The van der Waals surface area contributed by atoms with Crippen LogP contribution in [0.2, 0.25) is 5.02 Å². The van der Waals surface area contributed by atoms with Crippen molar-refractivity contribution in [2.75, 3.05) is 11.9 Å². The zero-order chi connectivity index (χ0) is 9.68. The summed E-state index contributed by atoms with van der Waals surface area (Å²) in [5.74, 6) is 2.83. The number of aromatic nitrogens is 2. The molecule has 1 aromatic rings. The van der Waals surface area contributed by atoms with Crippen LogP contribution in [-0.4, -0.2) is 16.5 Å². The number of nitrogens with zero attached hydrogens (tertiary/aromatic N) is 1. The SMILES string of the molecule is C#CCCNc1ncc(Cl)c(=O)[nH]1. The number of anilines is 1. The van der Waals surface area contributed by atoms with E-state index in [0.29, 0.717) is 18.9 Å². The second-order valence-corrected chi connectivity index (χ2v) is 2.70. The third kappa shape index (κ3) is 2.80. The Morgan fingerprint density at radius 2 is 2.54 bits per heavy atom. The molecular weight excluding hydrogens is 190 g/mol. The first kappa shape index (κ1) is 9.62. The molecule has 0 saturated carbocycles. The standard InChI is InChI=1S/C8H8ClN3O/c1-2-3-4-10-8-11-5-6(9)7(13)12-8/h1,5H,3-4H2,(H2,10,11,12,13). The first-order valence-corrected chi connectivity index (χ1v) is 4.04. The molecule has 0 aliphatic rings. The lowest BCUT2D eigenvalue weighted by Gasteiger charge is -2.01. The van der Waals surface area contributed by atoms with Gasteiger partial charge >= 0.3 is 0 Å². The van der Waals surface area contributed by atoms with E-state index < -0.39 is 0 Å². The van der Waals surface area contributed by atoms with Crippen LogP contribution in [0.1, 0.15) is 6.42 Å². The van der Waals surface area contributed by atoms with E-state index in [2.05, 4.69) is 21.2 Å². The Hall–Kier alpha value is -1.47. The van der Waals surface area contributed by atoms with Gasteiger partial charge in [-0.15, -0.1) is 12.3 Å². The molecule has 0 atom stereocenters. The fourth-order valence-electron chi connectivity index (χ4n) is 0.722. The first-order valence-electron chi connectivity index (χ1n) is 3.66. The van der Waals surface area contributed by atoms with Gasteiger partial charge in [-0.05, 0) is 0 Å². The minimum absolute atomic E-state index is 0.0718. The molecule has 1 heterocycles. The van der Waals surface area contributed by atoms with Gasteiger partial charge in [-0.2, -0.15) is 0 Å². The Bertz CT molecular complexity index is 380. The van der Waals surface area contributed by atoms with Crippen molar-refractivity contribution in [2.45, 2.75) is 6.42 Å². The van der Waals surface area contributed by atoms with E-state index in [1.54, 1.807) is 0 Å². The minimum Gasteiger partial charge on any atom is -0.355 e. The number of nitrogens with one attached hydrogen (secondary N) is 2. The van der Waals surface area contributed by atoms with Crippen molar-refractivity contribution in [3.8, 4) is 12.3 Å². The van der Waals surface area contributed by atoms with E-state index in [1.807, 2.05) is 0 Å². The third-order valence-corrected chi connectivity index (χ3v) is 1.59. The predicted octanol–water partition coefficient (Wildman–Crippen LogP) is 0.858. The second kappa shape index (κ2) is 4.53. The largest absolute Gasteiger partial charge is 0.355 e. The van der Waals surface area contributed by atoms with Gasteiger partial charge in [0.25, 0.3) is 5.56 Å². The molecule has 0 saturated heterocycles. The van der Waals surface area contributed by atoms with Gasteiger partial charge in [-0.25, -0.2) is 4.98 Å². The third-order valence-electron chi connectivity index (χ3n) is 1.32. The van der Waals surface area contributed by atoms with Gasteiger partial charge in [0.1, 0.15) is 5.02 Å². The summed E-state index contributed by atoms with van der Waals surface area (Å²) in [7, 11) is 0. The van der Waals surface area contributed by atoms with E-state index in [1.165, 1.54) is 6.20 Å². The lowest BCUT2D eigenvalue weighted by molar-refractivity contribution is 1.02. The normalized spacial score (nSPS) is 9.23. The van der Waals surface area contributed by atoms with Gasteiger partial charge in [0.15, 0.2) is 0 Å². The summed E-state index contributed by atoms with van der Waals surface area (Å²) in [6.07, 6.45) is 6.91. The average Bonchev–Trinajstić information content (AvgIpc) is 2.12. The molecule has 0 unspecified atom stereocenters. The van der Waals surface area contributed by atoms with E-state index in [0.717, 1.165) is 0 Å². The topological polar surface area (TPSA) is 57.8 Å². The van der Waals surface area contributed by atoms with Crippen LogP contribution in [0.25, 0.3) is 0 Å². The van der Waals surface area contributed by atoms with Gasteiger partial charge in [0, 0.05) is 13.0 Å².